The van der Waals surface area contributed by atoms with E-state index in [9.17, 15) is 14.4 Å². The SMILES string of the molecule is CC(C)(C)OC(=O)NCC(=O)NCC1CCN(C(=O)C(C)(C)C)CC1. The molecule has 1 fully saturated rings. The molecule has 3 amide bonds. The summed E-state index contributed by atoms with van der Waals surface area (Å²) < 4.78 is 5.08. The first-order valence-electron chi connectivity index (χ1n) is 8.91. The molecule has 0 aromatic heterocycles. The highest BCUT2D eigenvalue weighted by molar-refractivity contribution is 5.82. The van der Waals surface area contributed by atoms with E-state index in [1.807, 2.05) is 25.7 Å². The maximum Gasteiger partial charge on any atom is 0.408 e. The predicted octanol–water partition coefficient (Wildman–Crippen LogP) is 1.91. The molecule has 0 spiro atoms. The van der Waals surface area contributed by atoms with Gasteiger partial charge >= 0.3 is 6.09 Å². The fourth-order valence-corrected chi connectivity index (χ4v) is 2.60. The van der Waals surface area contributed by atoms with Gasteiger partial charge in [0.05, 0.1) is 6.54 Å². The number of nitrogens with zero attached hydrogens (tertiary/aromatic N) is 1. The highest BCUT2D eigenvalue weighted by atomic mass is 16.6. The zero-order valence-electron chi connectivity index (χ0n) is 16.4. The van der Waals surface area contributed by atoms with Crippen molar-refractivity contribution in [3.8, 4) is 0 Å². The van der Waals surface area contributed by atoms with Crippen molar-refractivity contribution >= 4 is 17.9 Å². The highest BCUT2D eigenvalue weighted by Gasteiger charge is 2.30. The van der Waals surface area contributed by atoms with E-state index in [1.165, 1.54) is 0 Å². The minimum atomic E-state index is -0.600. The van der Waals surface area contributed by atoms with Crippen LogP contribution in [-0.4, -0.2) is 54.6 Å². The van der Waals surface area contributed by atoms with Gasteiger partial charge in [-0.15, -0.1) is 0 Å². The Morgan fingerprint density at radius 1 is 1.00 bits per heavy atom. The van der Waals surface area contributed by atoms with Gasteiger partial charge in [0.25, 0.3) is 0 Å². The molecule has 144 valence electrons. The molecule has 0 atom stereocenters. The lowest BCUT2D eigenvalue weighted by Crippen LogP contribution is -2.46. The first-order valence-corrected chi connectivity index (χ1v) is 8.91. The molecule has 1 aliphatic heterocycles. The Hall–Kier alpha value is -1.79. The number of carbonyl (C=O) groups is 3. The molecule has 0 aromatic rings. The monoisotopic (exact) mass is 355 g/mol. The van der Waals surface area contributed by atoms with Crippen molar-refractivity contribution in [1.29, 1.82) is 0 Å². The van der Waals surface area contributed by atoms with Gasteiger partial charge in [-0.2, -0.15) is 0 Å². The van der Waals surface area contributed by atoms with Crippen molar-refractivity contribution in [2.24, 2.45) is 11.3 Å². The van der Waals surface area contributed by atoms with Crippen molar-refractivity contribution in [3.05, 3.63) is 0 Å². The summed E-state index contributed by atoms with van der Waals surface area (Å²) >= 11 is 0. The normalized spacial score (nSPS) is 16.3. The summed E-state index contributed by atoms with van der Waals surface area (Å²) in [5, 5.41) is 5.27. The molecule has 2 N–H and O–H groups in total. The van der Waals surface area contributed by atoms with Gasteiger partial charge < -0.3 is 20.3 Å². The van der Waals surface area contributed by atoms with Crippen LogP contribution in [0.3, 0.4) is 0 Å². The van der Waals surface area contributed by atoms with E-state index in [0.717, 1.165) is 25.9 Å². The Kier molecular flexibility index (Phi) is 7.26. The molecule has 1 saturated heterocycles. The molecular weight excluding hydrogens is 322 g/mol. The highest BCUT2D eigenvalue weighted by Crippen LogP contribution is 2.23. The van der Waals surface area contributed by atoms with E-state index < -0.39 is 11.7 Å². The first kappa shape index (κ1) is 21.3. The van der Waals surface area contributed by atoms with Gasteiger partial charge in [0.15, 0.2) is 0 Å². The molecule has 1 rings (SSSR count). The van der Waals surface area contributed by atoms with E-state index in [4.69, 9.17) is 4.74 Å². The summed E-state index contributed by atoms with van der Waals surface area (Å²) in [7, 11) is 0. The largest absolute Gasteiger partial charge is 0.444 e. The van der Waals surface area contributed by atoms with E-state index in [0.29, 0.717) is 12.5 Å². The van der Waals surface area contributed by atoms with Crippen molar-refractivity contribution < 1.29 is 19.1 Å². The number of carbonyl (C=O) groups excluding carboxylic acids is 3. The maximum atomic E-state index is 12.2. The van der Waals surface area contributed by atoms with Crippen molar-refractivity contribution in [2.45, 2.75) is 60.0 Å². The van der Waals surface area contributed by atoms with Gasteiger partial charge in [0.1, 0.15) is 5.60 Å². The second-order valence-corrected chi connectivity index (χ2v) is 8.65. The Labute approximate surface area is 150 Å². The Morgan fingerprint density at radius 3 is 2.04 bits per heavy atom. The van der Waals surface area contributed by atoms with Gasteiger partial charge in [-0.1, -0.05) is 20.8 Å². The van der Waals surface area contributed by atoms with Crippen LogP contribution in [0.1, 0.15) is 54.4 Å². The lowest BCUT2D eigenvalue weighted by atomic mass is 9.91. The molecule has 25 heavy (non-hydrogen) atoms. The number of hydrogen-bond acceptors (Lipinski definition) is 4. The molecule has 0 aliphatic carbocycles. The molecule has 1 aliphatic rings. The van der Waals surface area contributed by atoms with Crippen molar-refractivity contribution in [2.75, 3.05) is 26.2 Å². The molecule has 0 radical (unpaired) electrons. The second kappa shape index (κ2) is 8.54. The molecule has 0 bridgehead atoms. The number of ether oxygens (including phenoxy) is 1. The Morgan fingerprint density at radius 2 is 1.56 bits per heavy atom. The second-order valence-electron chi connectivity index (χ2n) is 8.65. The van der Waals surface area contributed by atoms with Crippen molar-refractivity contribution in [1.82, 2.24) is 15.5 Å². The van der Waals surface area contributed by atoms with Gasteiger partial charge in [0.2, 0.25) is 11.8 Å². The van der Waals surface area contributed by atoms with Crippen LogP contribution in [0.15, 0.2) is 0 Å². The summed E-state index contributed by atoms with van der Waals surface area (Å²) in [4.78, 5) is 37.5. The summed E-state index contributed by atoms with van der Waals surface area (Å²) in [6.45, 7) is 13.0. The minimum absolute atomic E-state index is 0.101. The molecule has 7 nitrogen and oxygen atoms in total. The van der Waals surface area contributed by atoms with Crippen molar-refractivity contribution in [3.63, 3.8) is 0 Å². The lowest BCUT2D eigenvalue weighted by molar-refractivity contribution is -0.141. The van der Waals surface area contributed by atoms with Crippen LogP contribution in [0.25, 0.3) is 0 Å². The van der Waals surface area contributed by atoms with Gasteiger partial charge in [-0.25, -0.2) is 4.79 Å². The lowest BCUT2D eigenvalue weighted by Gasteiger charge is -2.35. The van der Waals surface area contributed by atoms with Crippen LogP contribution in [0.5, 0.6) is 0 Å². The average molecular weight is 355 g/mol. The summed E-state index contributed by atoms with van der Waals surface area (Å²) in [6, 6.07) is 0. The van der Waals surface area contributed by atoms with E-state index >= 15 is 0 Å². The van der Waals surface area contributed by atoms with Crippen LogP contribution in [0.2, 0.25) is 0 Å². The first-order chi connectivity index (χ1) is 11.4. The fraction of sp³-hybridized carbons (Fsp3) is 0.833. The predicted molar refractivity (Wildman–Crippen MR) is 96.0 cm³/mol. The number of likely N-dealkylation sites (tertiary alicyclic amines) is 1. The van der Waals surface area contributed by atoms with E-state index in [2.05, 4.69) is 10.6 Å². The van der Waals surface area contributed by atoms with E-state index in [-0.39, 0.29) is 23.8 Å². The van der Waals surface area contributed by atoms with Gasteiger partial charge in [-0.05, 0) is 39.5 Å². The van der Waals surface area contributed by atoms with Crippen LogP contribution < -0.4 is 10.6 Å². The Bertz CT molecular complexity index is 484. The third-order valence-corrected chi connectivity index (χ3v) is 3.92. The molecule has 7 heteroatoms. The smallest absolute Gasteiger partial charge is 0.408 e. The molecule has 0 unspecified atom stereocenters. The topological polar surface area (TPSA) is 87.7 Å². The third-order valence-electron chi connectivity index (χ3n) is 3.92. The number of rotatable bonds is 4. The van der Waals surface area contributed by atoms with Crippen LogP contribution in [-0.2, 0) is 14.3 Å². The summed E-state index contributed by atoms with van der Waals surface area (Å²) in [5.74, 6) is 0.296. The maximum absolute atomic E-state index is 12.2. The molecule has 0 aromatic carbocycles. The van der Waals surface area contributed by atoms with E-state index in [1.54, 1.807) is 20.8 Å². The third kappa shape index (κ3) is 8.23. The summed E-state index contributed by atoms with van der Waals surface area (Å²) in [6.07, 6.45) is 1.15. The molecule has 0 saturated carbocycles. The zero-order chi connectivity index (χ0) is 19.3. The number of alkyl carbamates (subject to hydrolysis) is 1. The Balaban J connectivity index is 2.24. The number of nitrogens with one attached hydrogen (secondary N) is 2. The van der Waals surface area contributed by atoms with Crippen LogP contribution in [0.4, 0.5) is 4.79 Å². The number of piperidine rings is 1. The standard InChI is InChI=1S/C18H33N3O4/c1-17(2,3)15(23)21-9-7-13(8-10-21)11-19-14(22)12-20-16(24)25-18(4,5)6/h13H,7-12H2,1-6H3,(H,19,22)(H,20,24). The van der Waals surface area contributed by atoms with Gasteiger partial charge in [-0.3, -0.25) is 9.59 Å². The minimum Gasteiger partial charge on any atom is -0.444 e. The van der Waals surface area contributed by atoms with Crippen LogP contribution in [0, 0.1) is 11.3 Å². The van der Waals surface area contributed by atoms with Gasteiger partial charge in [0, 0.05) is 25.0 Å². The summed E-state index contributed by atoms with van der Waals surface area (Å²) in [5.41, 5.74) is -0.937. The zero-order valence-corrected chi connectivity index (χ0v) is 16.4. The molecular formula is C18H33N3O4. The fourth-order valence-electron chi connectivity index (χ4n) is 2.60. The number of hydrogen-bond donors (Lipinski definition) is 2. The quantitative estimate of drug-likeness (QED) is 0.806. The number of amides is 3. The van der Waals surface area contributed by atoms with Crippen LogP contribution >= 0.6 is 0 Å². The average Bonchev–Trinajstić information content (AvgIpc) is 2.48. The molecule has 1 heterocycles.